The van der Waals surface area contributed by atoms with Gasteiger partial charge in [0.05, 0.1) is 0 Å². The summed E-state index contributed by atoms with van der Waals surface area (Å²) in [5.74, 6) is 0.785. The maximum absolute atomic E-state index is 12.5. The van der Waals surface area contributed by atoms with Crippen molar-refractivity contribution >= 4 is 22.4 Å². The zero-order valence-electron chi connectivity index (χ0n) is 12.6. The number of carbonyl (C=O) groups excluding carboxylic acids is 1. The van der Waals surface area contributed by atoms with Gasteiger partial charge < -0.3 is 16.0 Å². The molecule has 0 aromatic heterocycles. The van der Waals surface area contributed by atoms with E-state index in [1.807, 2.05) is 36.4 Å². The van der Waals surface area contributed by atoms with Crippen molar-refractivity contribution in [3.8, 4) is 0 Å². The average Bonchev–Trinajstić information content (AvgIpc) is 2.86. The standard InChI is InChI=1S/C18H21N3O/c19-17-3-1-2-13-9-14(4-5-16(13)17)18(22)20-15-8-12-6-7-21(10-12)11-15/h1-5,9,12,15H,6-8,10-11,19H2,(H,20,22)/t12-,15-/m1/s1. The Labute approximate surface area is 130 Å². The van der Waals surface area contributed by atoms with Crippen molar-refractivity contribution in [1.82, 2.24) is 10.2 Å². The number of nitrogens with zero attached hydrogens (tertiary/aromatic N) is 1. The lowest BCUT2D eigenvalue weighted by atomic mass is 9.96. The number of hydrogen-bond acceptors (Lipinski definition) is 3. The Balaban J connectivity index is 1.53. The summed E-state index contributed by atoms with van der Waals surface area (Å²) in [5, 5.41) is 5.22. The van der Waals surface area contributed by atoms with Gasteiger partial charge in [0.15, 0.2) is 0 Å². The number of benzene rings is 2. The van der Waals surface area contributed by atoms with Crippen LogP contribution in [0.5, 0.6) is 0 Å². The van der Waals surface area contributed by atoms with Crippen LogP contribution in [0.1, 0.15) is 23.2 Å². The Morgan fingerprint density at radius 2 is 2.14 bits per heavy atom. The fourth-order valence-electron chi connectivity index (χ4n) is 3.88. The van der Waals surface area contributed by atoms with E-state index in [2.05, 4.69) is 10.2 Å². The van der Waals surface area contributed by atoms with E-state index in [-0.39, 0.29) is 11.9 Å². The molecule has 0 saturated carbocycles. The number of fused-ring (bicyclic) bond motifs is 3. The van der Waals surface area contributed by atoms with Gasteiger partial charge in [0.2, 0.25) is 0 Å². The second kappa shape index (κ2) is 5.29. The van der Waals surface area contributed by atoms with Crippen LogP contribution in [0.15, 0.2) is 36.4 Å². The minimum Gasteiger partial charge on any atom is -0.398 e. The van der Waals surface area contributed by atoms with E-state index in [4.69, 9.17) is 5.73 Å². The molecule has 2 aromatic carbocycles. The lowest BCUT2D eigenvalue weighted by Gasteiger charge is -2.30. The van der Waals surface area contributed by atoms with E-state index < -0.39 is 0 Å². The highest BCUT2D eigenvalue weighted by atomic mass is 16.1. The molecular weight excluding hydrogens is 274 g/mol. The second-order valence-electron chi connectivity index (χ2n) is 6.60. The molecule has 2 fully saturated rings. The number of amides is 1. The van der Waals surface area contributed by atoms with Gasteiger partial charge in [-0.2, -0.15) is 0 Å². The fourth-order valence-corrected chi connectivity index (χ4v) is 3.88. The van der Waals surface area contributed by atoms with Crippen LogP contribution in [-0.4, -0.2) is 36.5 Å². The van der Waals surface area contributed by atoms with E-state index in [1.54, 1.807) is 0 Å². The maximum atomic E-state index is 12.5. The van der Waals surface area contributed by atoms with Gasteiger partial charge in [0.1, 0.15) is 0 Å². The molecule has 2 aliphatic heterocycles. The first kappa shape index (κ1) is 13.6. The van der Waals surface area contributed by atoms with Gasteiger partial charge in [-0.25, -0.2) is 0 Å². The minimum absolute atomic E-state index is 0.0248. The molecule has 2 heterocycles. The monoisotopic (exact) mass is 295 g/mol. The normalized spacial score (nSPS) is 27.0. The Morgan fingerprint density at radius 1 is 1.23 bits per heavy atom. The number of hydrogen-bond donors (Lipinski definition) is 2. The van der Waals surface area contributed by atoms with Crippen LogP contribution in [0.4, 0.5) is 5.69 Å². The highest BCUT2D eigenvalue weighted by Crippen LogP contribution is 2.27. The van der Waals surface area contributed by atoms with Crippen molar-refractivity contribution in [2.75, 3.05) is 25.4 Å². The van der Waals surface area contributed by atoms with Gasteiger partial charge in [-0.15, -0.1) is 0 Å². The largest absolute Gasteiger partial charge is 0.398 e. The number of piperidine rings is 1. The molecule has 2 aromatic rings. The average molecular weight is 295 g/mol. The van der Waals surface area contributed by atoms with E-state index in [0.29, 0.717) is 5.56 Å². The molecule has 0 aliphatic carbocycles. The molecular formula is C18H21N3O. The molecule has 1 amide bonds. The van der Waals surface area contributed by atoms with Crippen LogP contribution in [0.25, 0.3) is 10.8 Å². The third kappa shape index (κ3) is 2.44. The fraction of sp³-hybridized carbons (Fsp3) is 0.389. The Morgan fingerprint density at radius 3 is 3.00 bits per heavy atom. The van der Waals surface area contributed by atoms with Crippen molar-refractivity contribution in [3.05, 3.63) is 42.0 Å². The van der Waals surface area contributed by atoms with Gasteiger partial charge in [-0.3, -0.25) is 4.79 Å². The van der Waals surface area contributed by atoms with Crippen molar-refractivity contribution in [1.29, 1.82) is 0 Å². The van der Waals surface area contributed by atoms with Gasteiger partial charge in [0, 0.05) is 35.8 Å². The van der Waals surface area contributed by atoms with Crippen LogP contribution in [-0.2, 0) is 0 Å². The third-order valence-corrected chi connectivity index (χ3v) is 4.98. The highest BCUT2D eigenvalue weighted by molar-refractivity contribution is 6.01. The molecule has 114 valence electrons. The predicted molar refractivity (Wildman–Crippen MR) is 88.8 cm³/mol. The molecule has 2 bridgehead atoms. The minimum atomic E-state index is 0.0248. The summed E-state index contributed by atoms with van der Waals surface area (Å²) in [4.78, 5) is 15.0. The predicted octanol–water partition coefficient (Wildman–Crippen LogP) is 2.25. The molecule has 4 heteroatoms. The SMILES string of the molecule is Nc1cccc2cc(C(=O)N[C@@H]3C[C@H]4CCN(C4)C3)ccc12. The summed E-state index contributed by atoms with van der Waals surface area (Å²) in [5.41, 5.74) is 7.43. The van der Waals surface area contributed by atoms with E-state index >= 15 is 0 Å². The molecule has 22 heavy (non-hydrogen) atoms. The first-order valence-corrected chi connectivity index (χ1v) is 8.00. The van der Waals surface area contributed by atoms with Crippen molar-refractivity contribution in [3.63, 3.8) is 0 Å². The quantitative estimate of drug-likeness (QED) is 0.835. The summed E-state index contributed by atoms with van der Waals surface area (Å²) in [6.07, 6.45) is 2.39. The number of nitrogens with two attached hydrogens (primary N) is 1. The smallest absolute Gasteiger partial charge is 0.251 e. The molecule has 2 aliphatic rings. The molecule has 1 unspecified atom stereocenters. The summed E-state index contributed by atoms with van der Waals surface area (Å²) < 4.78 is 0. The highest BCUT2D eigenvalue weighted by Gasteiger charge is 2.32. The summed E-state index contributed by atoms with van der Waals surface area (Å²) in [6.45, 7) is 3.39. The summed E-state index contributed by atoms with van der Waals surface area (Å²) >= 11 is 0. The van der Waals surface area contributed by atoms with Crippen molar-refractivity contribution in [2.24, 2.45) is 5.92 Å². The van der Waals surface area contributed by atoms with Crippen LogP contribution >= 0.6 is 0 Å². The lowest BCUT2D eigenvalue weighted by Crippen LogP contribution is -2.47. The van der Waals surface area contributed by atoms with E-state index in [0.717, 1.165) is 35.3 Å². The Kier molecular flexibility index (Phi) is 3.26. The lowest BCUT2D eigenvalue weighted by molar-refractivity contribution is 0.0909. The van der Waals surface area contributed by atoms with Crippen LogP contribution < -0.4 is 11.1 Å². The molecule has 0 spiro atoms. The van der Waals surface area contributed by atoms with Gasteiger partial charge >= 0.3 is 0 Å². The van der Waals surface area contributed by atoms with Gasteiger partial charge in [-0.05, 0) is 48.9 Å². The van der Waals surface area contributed by atoms with Crippen LogP contribution in [0.3, 0.4) is 0 Å². The van der Waals surface area contributed by atoms with Crippen molar-refractivity contribution in [2.45, 2.75) is 18.9 Å². The molecule has 2 saturated heterocycles. The number of rotatable bonds is 2. The second-order valence-corrected chi connectivity index (χ2v) is 6.60. The van der Waals surface area contributed by atoms with Gasteiger partial charge in [-0.1, -0.05) is 18.2 Å². The molecule has 0 radical (unpaired) electrons. The van der Waals surface area contributed by atoms with E-state index in [9.17, 15) is 4.79 Å². The molecule has 3 N–H and O–H groups in total. The Bertz CT molecular complexity index is 715. The van der Waals surface area contributed by atoms with Gasteiger partial charge in [0.25, 0.3) is 5.91 Å². The number of carbonyl (C=O) groups is 1. The summed E-state index contributed by atoms with van der Waals surface area (Å²) in [7, 11) is 0. The topological polar surface area (TPSA) is 58.4 Å². The van der Waals surface area contributed by atoms with Crippen LogP contribution in [0.2, 0.25) is 0 Å². The zero-order chi connectivity index (χ0) is 15.1. The summed E-state index contributed by atoms with van der Waals surface area (Å²) in [6, 6.07) is 11.8. The first-order chi connectivity index (χ1) is 10.7. The van der Waals surface area contributed by atoms with E-state index in [1.165, 1.54) is 19.5 Å². The molecule has 3 atom stereocenters. The molecule has 4 nitrogen and oxygen atoms in total. The maximum Gasteiger partial charge on any atom is 0.251 e. The molecule has 4 rings (SSSR count). The first-order valence-electron chi connectivity index (χ1n) is 8.00. The number of nitrogen functional groups attached to an aromatic ring is 1. The van der Waals surface area contributed by atoms with Crippen molar-refractivity contribution < 1.29 is 4.79 Å². The number of nitrogens with one attached hydrogen (secondary N) is 1. The third-order valence-electron chi connectivity index (χ3n) is 4.98. The van der Waals surface area contributed by atoms with Crippen LogP contribution in [0, 0.1) is 5.92 Å². The Hall–Kier alpha value is -2.07. The number of anilines is 1. The zero-order valence-corrected chi connectivity index (χ0v) is 12.6.